The van der Waals surface area contributed by atoms with Gasteiger partial charge in [0.05, 0.1) is 6.61 Å². The van der Waals surface area contributed by atoms with Crippen LogP contribution in [0.3, 0.4) is 0 Å². The van der Waals surface area contributed by atoms with E-state index in [9.17, 15) is 14.4 Å². The molecule has 2 aromatic carbocycles. The number of hydrogen-bond donors (Lipinski definition) is 2. The smallest absolute Gasteiger partial charge is 0.407 e. The first kappa shape index (κ1) is 22.3. The number of rotatable bonds is 8. The number of amides is 2. The zero-order chi connectivity index (χ0) is 22.4. The van der Waals surface area contributed by atoms with E-state index in [-0.39, 0.29) is 31.6 Å². The van der Waals surface area contributed by atoms with Crippen LogP contribution >= 0.6 is 0 Å². The maximum absolute atomic E-state index is 12.5. The van der Waals surface area contributed by atoms with E-state index in [4.69, 9.17) is 9.47 Å². The predicted octanol–water partition coefficient (Wildman–Crippen LogP) is 3.23. The summed E-state index contributed by atoms with van der Waals surface area (Å²) in [5.74, 6) is -1.24. The summed E-state index contributed by atoms with van der Waals surface area (Å²) in [4.78, 5) is 36.4. The minimum atomic E-state index is -0.829. The van der Waals surface area contributed by atoms with Crippen molar-refractivity contribution in [2.24, 2.45) is 5.92 Å². The molecule has 7 heteroatoms. The molecule has 0 spiro atoms. The third-order valence-electron chi connectivity index (χ3n) is 5.28. The molecule has 0 fully saturated rings. The van der Waals surface area contributed by atoms with Crippen LogP contribution in [-0.2, 0) is 19.1 Å². The number of nitrogens with one attached hydrogen (secondary N) is 2. The molecule has 164 valence electrons. The fourth-order valence-electron chi connectivity index (χ4n) is 3.78. The van der Waals surface area contributed by atoms with Gasteiger partial charge < -0.3 is 20.1 Å². The van der Waals surface area contributed by atoms with Crippen molar-refractivity contribution in [3.05, 3.63) is 59.7 Å². The topological polar surface area (TPSA) is 93.7 Å². The average molecular weight is 424 g/mol. The van der Waals surface area contributed by atoms with Gasteiger partial charge in [-0.3, -0.25) is 9.59 Å². The first-order chi connectivity index (χ1) is 14.9. The highest BCUT2D eigenvalue weighted by atomic mass is 16.5. The highest BCUT2D eigenvalue weighted by Gasteiger charge is 2.30. The summed E-state index contributed by atoms with van der Waals surface area (Å²) in [5, 5.41) is 5.11. The van der Waals surface area contributed by atoms with Crippen LogP contribution in [0.1, 0.15) is 37.8 Å². The lowest BCUT2D eigenvalue weighted by Gasteiger charge is -2.22. The van der Waals surface area contributed by atoms with Crippen LogP contribution in [0.2, 0.25) is 0 Å². The molecule has 1 atom stereocenters. The minimum Gasteiger partial charge on any atom is -0.465 e. The van der Waals surface area contributed by atoms with Crippen LogP contribution in [0, 0.1) is 5.92 Å². The molecule has 0 unspecified atom stereocenters. The Balaban J connectivity index is 1.61. The second kappa shape index (κ2) is 10.1. The standard InChI is InChI=1S/C24H28N2O5/c1-4-30-21(27)13-25-23(28)22(15(2)3)26-24(29)31-14-20-18-11-7-5-9-16(18)17-10-6-8-12-19(17)20/h5-12,15,20,22H,4,13-14H2,1-3H3,(H,25,28)(H,26,29)/t22-/m0/s1. The van der Waals surface area contributed by atoms with Gasteiger partial charge >= 0.3 is 12.1 Å². The van der Waals surface area contributed by atoms with Crippen molar-refractivity contribution in [1.82, 2.24) is 10.6 Å². The molecule has 31 heavy (non-hydrogen) atoms. The van der Waals surface area contributed by atoms with Crippen LogP contribution in [0.25, 0.3) is 11.1 Å². The maximum atomic E-state index is 12.5. The van der Waals surface area contributed by atoms with Crippen LogP contribution in [0.15, 0.2) is 48.5 Å². The van der Waals surface area contributed by atoms with E-state index in [0.717, 1.165) is 22.3 Å². The third-order valence-corrected chi connectivity index (χ3v) is 5.28. The largest absolute Gasteiger partial charge is 0.465 e. The molecule has 0 saturated heterocycles. The number of carbonyl (C=O) groups is 3. The van der Waals surface area contributed by atoms with Crippen molar-refractivity contribution in [3.8, 4) is 11.1 Å². The Bertz CT molecular complexity index is 911. The Morgan fingerprint density at radius 2 is 1.52 bits per heavy atom. The van der Waals surface area contributed by atoms with Crippen LogP contribution < -0.4 is 10.6 Å². The van der Waals surface area contributed by atoms with E-state index in [1.54, 1.807) is 20.8 Å². The van der Waals surface area contributed by atoms with Gasteiger partial charge in [0, 0.05) is 5.92 Å². The van der Waals surface area contributed by atoms with Gasteiger partial charge in [-0.2, -0.15) is 0 Å². The van der Waals surface area contributed by atoms with Crippen molar-refractivity contribution >= 4 is 18.0 Å². The second-order valence-corrected chi connectivity index (χ2v) is 7.71. The van der Waals surface area contributed by atoms with Gasteiger partial charge in [-0.05, 0) is 35.1 Å². The van der Waals surface area contributed by atoms with Gasteiger partial charge in [0.2, 0.25) is 5.91 Å². The minimum absolute atomic E-state index is 0.0618. The van der Waals surface area contributed by atoms with Crippen molar-refractivity contribution in [1.29, 1.82) is 0 Å². The predicted molar refractivity (Wildman–Crippen MR) is 116 cm³/mol. The zero-order valence-electron chi connectivity index (χ0n) is 18.0. The van der Waals surface area contributed by atoms with Crippen LogP contribution in [-0.4, -0.2) is 43.8 Å². The molecule has 2 aromatic rings. The molecule has 3 rings (SSSR count). The van der Waals surface area contributed by atoms with E-state index in [0.29, 0.717) is 0 Å². The lowest BCUT2D eigenvalue weighted by atomic mass is 9.98. The molecule has 0 aromatic heterocycles. The number of fused-ring (bicyclic) bond motifs is 3. The highest BCUT2D eigenvalue weighted by Crippen LogP contribution is 2.44. The van der Waals surface area contributed by atoms with Crippen molar-refractivity contribution in [2.45, 2.75) is 32.7 Å². The van der Waals surface area contributed by atoms with Crippen LogP contribution in [0.5, 0.6) is 0 Å². The van der Waals surface area contributed by atoms with Gasteiger partial charge in [0.25, 0.3) is 0 Å². The van der Waals surface area contributed by atoms with Crippen LogP contribution in [0.4, 0.5) is 4.79 Å². The van der Waals surface area contributed by atoms with Gasteiger partial charge in [-0.15, -0.1) is 0 Å². The SMILES string of the molecule is CCOC(=O)CNC(=O)[C@@H](NC(=O)OCC1c2ccccc2-c2ccccc21)C(C)C. The van der Waals surface area contributed by atoms with Gasteiger partial charge in [-0.25, -0.2) is 4.79 Å². The Kier molecular flexibility index (Phi) is 7.28. The fourth-order valence-corrected chi connectivity index (χ4v) is 3.78. The molecule has 7 nitrogen and oxygen atoms in total. The summed E-state index contributed by atoms with van der Waals surface area (Å²) < 4.78 is 10.3. The lowest BCUT2D eigenvalue weighted by Crippen LogP contribution is -2.51. The number of alkyl carbamates (subject to hydrolysis) is 1. The molecule has 1 aliphatic carbocycles. The zero-order valence-corrected chi connectivity index (χ0v) is 18.0. The van der Waals surface area contributed by atoms with E-state index in [2.05, 4.69) is 22.8 Å². The quantitative estimate of drug-likeness (QED) is 0.635. The van der Waals surface area contributed by atoms with Crippen molar-refractivity contribution < 1.29 is 23.9 Å². The molecular formula is C24H28N2O5. The molecule has 2 amide bonds. The monoisotopic (exact) mass is 424 g/mol. The Morgan fingerprint density at radius 1 is 0.935 bits per heavy atom. The summed E-state index contributed by atoms with van der Waals surface area (Å²) >= 11 is 0. The lowest BCUT2D eigenvalue weighted by molar-refractivity contribution is -0.143. The summed E-state index contributed by atoms with van der Waals surface area (Å²) in [6.45, 7) is 5.45. The van der Waals surface area contributed by atoms with E-state index < -0.39 is 24.0 Å². The first-order valence-corrected chi connectivity index (χ1v) is 10.5. The van der Waals surface area contributed by atoms with Crippen molar-refractivity contribution in [3.63, 3.8) is 0 Å². The molecule has 0 aliphatic heterocycles. The molecule has 0 saturated carbocycles. The summed E-state index contributed by atoms with van der Waals surface area (Å²) in [6, 6.07) is 15.3. The van der Waals surface area contributed by atoms with E-state index in [1.807, 2.05) is 36.4 Å². The number of benzene rings is 2. The summed E-state index contributed by atoms with van der Waals surface area (Å²) in [6.07, 6.45) is -0.674. The molecule has 1 aliphatic rings. The Hall–Kier alpha value is -3.35. The Morgan fingerprint density at radius 3 is 2.06 bits per heavy atom. The first-order valence-electron chi connectivity index (χ1n) is 10.5. The molecule has 0 radical (unpaired) electrons. The van der Waals surface area contributed by atoms with Crippen molar-refractivity contribution in [2.75, 3.05) is 19.8 Å². The number of ether oxygens (including phenoxy) is 2. The second-order valence-electron chi connectivity index (χ2n) is 7.71. The van der Waals surface area contributed by atoms with E-state index in [1.165, 1.54) is 0 Å². The summed E-state index contributed by atoms with van der Waals surface area (Å²) in [5.41, 5.74) is 4.52. The molecule has 0 heterocycles. The molecule has 0 bridgehead atoms. The molecule has 2 N–H and O–H groups in total. The number of carbonyl (C=O) groups excluding carboxylic acids is 3. The van der Waals surface area contributed by atoms with Gasteiger partial charge in [-0.1, -0.05) is 62.4 Å². The maximum Gasteiger partial charge on any atom is 0.407 e. The Labute approximate surface area is 182 Å². The van der Waals surface area contributed by atoms with Gasteiger partial charge in [0.15, 0.2) is 0 Å². The number of hydrogen-bond acceptors (Lipinski definition) is 5. The molecular weight excluding hydrogens is 396 g/mol. The van der Waals surface area contributed by atoms with Gasteiger partial charge in [0.1, 0.15) is 19.2 Å². The average Bonchev–Trinajstić information content (AvgIpc) is 3.08. The summed E-state index contributed by atoms with van der Waals surface area (Å²) in [7, 11) is 0. The highest BCUT2D eigenvalue weighted by molar-refractivity contribution is 5.88. The normalized spacial score (nSPS) is 13.2. The van der Waals surface area contributed by atoms with E-state index >= 15 is 0 Å². The fraction of sp³-hybridized carbons (Fsp3) is 0.375. The number of esters is 1. The third kappa shape index (κ3) is 5.23.